The van der Waals surface area contributed by atoms with Gasteiger partial charge in [-0.2, -0.15) is 0 Å². The van der Waals surface area contributed by atoms with Crippen LogP contribution in [0.5, 0.6) is 0 Å². The molecule has 0 spiro atoms. The summed E-state index contributed by atoms with van der Waals surface area (Å²) in [5.41, 5.74) is 3.57. The summed E-state index contributed by atoms with van der Waals surface area (Å²) >= 11 is 0. The Morgan fingerprint density at radius 2 is 2.05 bits per heavy atom. The minimum atomic E-state index is -0.329. The summed E-state index contributed by atoms with van der Waals surface area (Å²) in [7, 11) is 0. The van der Waals surface area contributed by atoms with E-state index in [1.54, 1.807) is 5.48 Å². The largest absolute Gasteiger partial charge is 0.289 e. The van der Waals surface area contributed by atoms with Crippen LogP contribution in [0.4, 0.5) is 0 Å². The Bertz CT molecular complexity index is 608. The molecule has 0 fully saturated rings. The third kappa shape index (κ3) is 4.17. The topological polar surface area (TPSA) is 62.2 Å². The van der Waals surface area contributed by atoms with Crippen molar-refractivity contribution >= 4 is 22.9 Å². The first-order valence-corrected chi connectivity index (χ1v) is 6.75. The molecular formula is C16H18N2O2. The van der Waals surface area contributed by atoms with Crippen LogP contribution >= 0.6 is 0 Å². The number of carbonyl (C=O) groups is 1. The number of nitrogens with zero attached hydrogens (tertiary/aromatic N) is 1. The average Bonchev–Trinajstić information content (AvgIpc) is 2.50. The van der Waals surface area contributed by atoms with E-state index >= 15 is 0 Å². The van der Waals surface area contributed by atoms with Crippen molar-refractivity contribution in [1.29, 1.82) is 0 Å². The molecule has 0 radical (unpaired) electrons. The highest BCUT2D eigenvalue weighted by Gasteiger charge is 1.97. The van der Waals surface area contributed by atoms with Crippen LogP contribution < -0.4 is 5.48 Å². The Kier molecular flexibility index (Phi) is 5.26. The number of unbranched alkanes of at least 4 members (excludes halogenated alkanes) is 2. The summed E-state index contributed by atoms with van der Waals surface area (Å²) in [4.78, 5) is 15.4. The molecule has 1 heterocycles. The van der Waals surface area contributed by atoms with E-state index in [-0.39, 0.29) is 5.91 Å². The van der Waals surface area contributed by atoms with Crippen LogP contribution in [0.2, 0.25) is 0 Å². The molecule has 0 unspecified atom stereocenters. The van der Waals surface area contributed by atoms with Crippen molar-refractivity contribution in [3.63, 3.8) is 0 Å². The number of hydrogen-bond donors (Lipinski definition) is 2. The highest BCUT2D eigenvalue weighted by Crippen LogP contribution is 2.13. The molecular weight excluding hydrogens is 252 g/mol. The van der Waals surface area contributed by atoms with Crippen molar-refractivity contribution in [2.45, 2.75) is 25.7 Å². The lowest BCUT2D eigenvalue weighted by Gasteiger charge is -1.99. The summed E-state index contributed by atoms with van der Waals surface area (Å²) < 4.78 is 0. The Morgan fingerprint density at radius 3 is 2.90 bits per heavy atom. The van der Waals surface area contributed by atoms with E-state index < -0.39 is 0 Å². The quantitative estimate of drug-likeness (QED) is 0.481. The molecule has 0 aliphatic heterocycles. The van der Waals surface area contributed by atoms with Crippen molar-refractivity contribution in [3.05, 3.63) is 48.2 Å². The van der Waals surface area contributed by atoms with E-state index in [1.807, 2.05) is 36.4 Å². The lowest BCUT2D eigenvalue weighted by Crippen LogP contribution is -2.17. The van der Waals surface area contributed by atoms with E-state index in [0.29, 0.717) is 6.42 Å². The number of pyridine rings is 1. The number of benzene rings is 1. The fourth-order valence-corrected chi connectivity index (χ4v) is 1.98. The highest BCUT2D eigenvalue weighted by molar-refractivity contribution is 5.79. The van der Waals surface area contributed by atoms with Crippen LogP contribution in [-0.4, -0.2) is 16.1 Å². The van der Waals surface area contributed by atoms with Gasteiger partial charge in [0, 0.05) is 11.8 Å². The Hall–Kier alpha value is -2.20. The number of hydroxylamine groups is 1. The molecule has 0 saturated carbocycles. The minimum Gasteiger partial charge on any atom is -0.289 e. The number of rotatable bonds is 6. The van der Waals surface area contributed by atoms with Gasteiger partial charge < -0.3 is 0 Å². The van der Waals surface area contributed by atoms with Gasteiger partial charge in [-0.1, -0.05) is 30.3 Å². The van der Waals surface area contributed by atoms with Crippen molar-refractivity contribution < 1.29 is 10.0 Å². The number of hydrogen-bond acceptors (Lipinski definition) is 3. The highest BCUT2D eigenvalue weighted by atomic mass is 16.5. The monoisotopic (exact) mass is 270 g/mol. The molecule has 2 N–H and O–H groups in total. The number of allylic oxidation sites excluding steroid dienone is 1. The summed E-state index contributed by atoms with van der Waals surface area (Å²) in [6.07, 6.45) is 7.00. The van der Waals surface area contributed by atoms with E-state index in [4.69, 9.17) is 5.21 Å². The van der Waals surface area contributed by atoms with Gasteiger partial charge in [0.1, 0.15) is 0 Å². The summed E-state index contributed by atoms with van der Waals surface area (Å²) in [6, 6.07) is 12.1. The molecule has 4 heteroatoms. The molecule has 104 valence electrons. The van der Waals surface area contributed by atoms with Crippen LogP contribution in [0.25, 0.3) is 17.0 Å². The zero-order valence-corrected chi connectivity index (χ0v) is 11.2. The molecule has 0 aliphatic rings. The fraction of sp³-hybridized carbons (Fsp3) is 0.250. The van der Waals surface area contributed by atoms with Crippen LogP contribution in [0.3, 0.4) is 0 Å². The summed E-state index contributed by atoms with van der Waals surface area (Å²) in [6.45, 7) is 0. The number of para-hydroxylation sites is 1. The Balaban J connectivity index is 1.82. The van der Waals surface area contributed by atoms with Crippen LogP contribution in [-0.2, 0) is 4.79 Å². The van der Waals surface area contributed by atoms with E-state index in [2.05, 4.69) is 17.1 Å². The lowest BCUT2D eigenvalue weighted by atomic mass is 10.1. The third-order valence-electron chi connectivity index (χ3n) is 3.06. The van der Waals surface area contributed by atoms with Crippen LogP contribution in [0.15, 0.2) is 42.5 Å². The SMILES string of the molecule is O=C(CCCC/C=C\c1ccc2ccccc2n1)NO. The number of carbonyl (C=O) groups excluding carboxylic acids is 1. The maximum Gasteiger partial charge on any atom is 0.243 e. The maximum atomic E-state index is 10.8. The second kappa shape index (κ2) is 7.40. The first-order valence-electron chi connectivity index (χ1n) is 6.75. The average molecular weight is 270 g/mol. The van der Waals surface area contributed by atoms with Gasteiger partial charge in [0.25, 0.3) is 0 Å². The van der Waals surface area contributed by atoms with Gasteiger partial charge >= 0.3 is 0 Å². The van der Waals surface area contributed by atoms with Gasteiger partial charge in [0.15, 0.2) is 0 Å². The zero-order valence-electron chi connectivity index (χ0n) is 11.2. The number of amides is 1. The molecule has 1 aromatic carbocycles. The summed E-state index contributed by atoms with van der Waals surface area (Å²) in [5.74, 6) is -0.329. The van der Waals surface area contributed by atoms with Crippen LogP contribution in [0.1, 0.15) is 31.4 Å². The molecule has 2 rings (SSSR count). The van der Waals surface area contributed by atoms with E-state index in [1.165, 1.54) is 0 Å². The maximum absolute atomic E-state index is 10.8. The van der Waals surface area contributed by atoms with Gasteiger partial charge in [0.05, 0.1) is 11.2 Å². The van der Waals surface area contributed by atoms with Crippen LogP contribution in [0, 0.1) is 0 Å². The molecule has 1 aromatic heterocycles. The zero-order chi connectivity index (χ0) is 14.2. The molecule has 0 bridgehead atoms. The molecule has 2 aromatic rings. The molecule has 0 saturated heterocycles. The van der Waals surface area contributed by atoms with Crippen molar-refractivity contribution in [1.82, 2.24) is 10.5 Å². The minimum absolute atomic E-state index is 0.329. The van der Waals surface area contributed by atoms with Crippen molar-refractivity contribution in [2.24, 2.45) is 0 Å². The van der Waals surface area contributed by atoms with Gasteiger partial charge in [-0.25, -0.2) is 10.5 Å². The Labute approximate surface area is 118 Å². The number of nitrogens with one attached hydrogen (secondary N) is 1. The second-order valence-electron chi connectivity index (χ2n) is 4.61. The van der Waals surface area contributed by atoms with Crippen molar-refractivity contribution in [2.75, 3.05) is 0 Å². The molecule has 0 aliphatic carbocycles. The molecule has 4 nitrogen and oxygen atoms in total. The molecule has 0 atom stereocenters. The predicted octanol–water partition coefficient (Wildman–Crippen LogP) is 3.31. The first kappa shape index (κ1) is 14.2. The van der Waals surface area contributed by atoms with Crippen molar-refractivity contribution in [3.8, 4) is 0 Å². The lowest BCUT2D eigenvalue weighted by molar-refractivity contribution is -0.129. The Morgan fingerprint density at radius 1 is 1.20 bits per heavy atom. The van der Waals surface area contributed by atoms with E-state index in [0.717, 1.165) is 35.9 Å². The van der Waals surface area contributed by atoms with Gasteiger partial charge in [-0.05, 0) is 37.5 Å². The molecule has 20 heavy (non-hydrogen) atoms. The van der Waals surface area contributed by atoms with E-state index in [9.17, 15) is 4.79 Å². The number of aromatic nitrogens is 1. The van der Waals surface area contributed by atoms with Gasteiger partial charge in [-0.3, -0.25) is 10.0 Å². The second-order valence-corrected chi connectivity index (χ2v) is 4.61. The third-order valence-corrected chi connectivity index (χ3v) is 3.06. The smallest absolute Gasteiger partial charge is 0.243 e. The first-order chi connectivity index (χ1) is 9.79. The standard InChI is InChI=1S/C16H18N2O2/c19-16(18-20)10-4-2-1-3-8-14-12-11-13-7-5-6-9-15(13)17-14/h3,5-9,11-12,20H,1-2,4,10H2,(H,18,19)/b8-3-. The summed E-state index contributed by atoms with van der Waals surface area (Å²) in [5, 5.41) is 9.49. The molecule has 1 amide bonds. The van der Waals surface area contributed by atoms with Gasteiger partial charge in [0.2, 0.25) is 5.91 Å². The fourth-order valence-electron chi connectivity index (χ4n) is 1.98. The normalized spacial score (nSPS) is 11.1. The predicted molar refractivity (Wildman–Crippen MR) is 79.2 cm³/mol. The number of fused-ring (bicyclic) bond motifs is 1. The van der Waals surface area contributed by atoms with Gasteiger partial charge in [-0.15, -0.1) is 0 Å².